The van der Waals surface area contributed by atoms with E-state index in [1.54, 1.807) is 4.90 Å². The van der Waals surface area contributed by atoms with Crippen LogP contribution in [0.1, 0.15) is 30.4 Å². The van der Waals surface area contributed by atoms with Gasteiger partial charge in [-0.05, 0) is 31.0 Å². The Morgan fingerprint density at radius 3 is 2.32 bits per heavy atom. The second kappa shape index (κ2) is 11.1. The number of hydrogen-bond donors (Lipinski definition) is 1. The number of anilines is 2. The molecule has 37 heavy (non-hydrogen) atoms. The molecule has 202 valence electrons. The fourth-order valence-corrected chi connectivity index (χ4v) is 4.58. The lowest BCUT2D eigenvalue weighted by atomic mass is 10.0. The number of carbonyl (C=O) groups excluding carboxylic acids is 1. The van der Waals surface area contributed by atoms with Crippen molar-refractivity contribution in [1.29, 1.82) is 0 Å². The fourth-order valence-electron chi connectivity index (χ4n) is 4.58. The number of nitrogens with zero attached hydrogens (tertiary/aromatic N) is 5. The number of alkyl halides is 6. The molecule has 0 aromatic carbocycles. The summed E-state index contributed by atoms with van der Waals surface area (Å²) in [7, 11) is 0. The minimum Gasteiger partial charge on any atom is -0.379 e. The summed E-state index contributed by atoms with van der Waals surface area (Å²) in [5, 5.41) is 3.08. The highest BCUT2D eigenvalue weighted by molar-refractivity contribution is 5.76. The van der Waals surface area contributed by atoms with Crippen molar-refractivity contribution in [3.63, 3.8) is 0 Å². The summed E-state index contributed by atoms with van der Waals surface area (Å²) >= 11 is 0. The van der Waals surface area contributed by atoms with Gasteiger partial charge >= 0.3 is 12.4 Å². The largest absolute Gasteiger partial charge is 0.417 e. The van der Waals surface area contributed by atoms with Gasteiger partial charge in [0.05, 0.1) is 16.8 Å². The van der Waals surface area contributed by atoms with Gasteiger partial charge < -0.3 is 15.1 Å². The lowest BCUT2D eigenvalue weighted by Crippen LogP contribution is -2.49. The number of hydrogen-bond acceptors (Lipinski definition) is 6. The SMILES string of the molecule is O=C(CCN1CCN(c2ccc(C(F)(F)F)cn2)CC1)N1CCCC(Nc2cncc(C(F)(F)F)c2)C1. The molecule has 1 unspecified atom stereocenters. The Morgan fingerprint density at radius 1 is 0.946 bits per heavy atom. The third-order valence-electron chi connectivity index (χ3n) is 6.62. The van der Waals surface area contributed by atoms with Gasteiger partial charge in [0.1, 0.15) is 5.82 Å². The second-order valence-corrected chi connectivity index (χ2v) is 9.26. The van der Waals surface area contributed by atoms with Crippen LogP contribution < -0.4 is 10.2 Å². The summed E-state index contributed by atoms with van der Waals surface area (Å²) in [5.41, 5.74) is -1.33. The molecule has 2 saturated heterocycles. The van der Waals surface area contributed by atoms with Crippen molar-refractivity contribution in [1.82, 2.24) is 19.8 Å². The molecule has 1 N–H and O–H groups in total. The van der Waals surface area contributed by atoms with Gasteiger partial charge in [-0.25, -0.2) is 4.98 Å². The van der Waals surface area contributed by atoms with Crippen molar-refractivity contribution >= 4 is 17.4 Å². The maximum atomic E-state index is 12.9. The molecule has 2 fully saturated rings. The lowest BCUT2D eigenvalue weighted by Gasteiger charge is -2.36. The Morgan fingerprint density at radius 2 is 1.68 bits per heavy atom. The number of aromatic nitrogens is 2. The molecule has 1 atom stereocenters. The van der Waals surface area contributed by atoms with E-state index in [1.807, 2.05) is 4.90 Å². The van der Waals surface area contributed by atoms with Crippen molar-refractivity contribution < 1.29 is 31.1 Å². The van der Waals surface area contributed by atoms with Crippen LogP contribution in [0, 0.1) is 0 Å². The van der Waals surface area contributed by atoms with E-state index in [9.17, 15) is 31.1 Å². The smallest absolute Gasteiger partial charge is 0.379 e. The van der Waals surface area contributed by atoms with Crippen molar-refractivity contribution in [3.05, 3.63) is 47.9 Å². The van der Waals surface area contributed by atoms with E-state index in [4.69, 9.17) is 0 Å². The van der Waals surface area contributed by atoms with Crippen LogP contribution in [-0.2, 0) is 17.1 Å². The predicted molar refractivity (Wildman–Crippen MR) is 125 cm³/mol. The standard InChI is InChI=1S/C24H28F6N6O/c25-23(26,27)17-3-4-21(32-14-17)35-10-8-34(9-11-35)7-5-22(37)36-6-1-2-19(16-36)33-20-12-18(13-31-15-20)24(28,29)30/h3-4,12-15,19,33H,1-2,5-11,16H2. The van der Waals surface area contributed by atoms with Crippen LogP contribution in [0.2, 0.25) is 0 Å². The number of piperidine rings is 1. The van der Waals surface area contributed by atoms with E-state index in [0.29, 0.717) is 58.1 Å². The maximum absolute atomic E-state index is 12.9. The van der Waals surface area contributed by atoms with Crippen LogP contribution in [-0.4, -0.2) is 77.5 Å². The Kier molecular flexibility index (Phi) is 8.10. The van der Waals surface area contributed by atoms with Crippen LogP contribution in [0.15, 0.2) is 36.8 Å². The maximum Gasteiger partial charge on any atom is 0.417 e. The van der Waals surface area contributed by atoms with Crippen LogP contribution in [0.5, 0.6) is 0 Å². The highest BCUT2D eigenvalue weighted by Gasteiger charge is 2.32. The first-order chi connectivity index (χ1) is 17.5. The van der Waals surface area contributed by atoms with Crippen LogP contribution in [0.3, 0.4) is 0 Å². The Labute approximate surface area is 210 Å². The normalized spacial score (nSPS) is 19.7. The van der Waals surface area contributed by atoms with Gasteiger partial charge in [0.2, 0.25) is 5.91 Å². The molecule has 2 aromatic heterocycles. The molecule has 4 rings (SSSR count). The number of pyridine rings is 2. The van der Waals surface area contributed by atoms with E-state index in [2.05, 4.69) is 20.2 Å². The van der Waals surface area contributed by atoms with Gasteiger partial charge in [0.15, 0.2) is 0 Å². The van der Waals surface area contributed by atoms with E-state index >= 15 is 0 Å². The number of carbonyl (C=O) groups is 1. The Hall–Kier alpha value is -3.09. The number of likely N-dealkylation sites (tertiary alicyclic amines) is 1. The number of nitrogens with one attached hydrogen (secondary N) is 1. The number of piperazine rings is 1. The van der Waals surface area contributed by atoms with Gasteiger partial charge in [0, 0.05) is 76.9 Å². The molecule has 0 spiro atoms. The zero-order chi connectivity index (χ0) is 26.6. The van der Waals surface area contributed by atoms with Gasteiger partial charge in [-0.15, -0.1) is 0 Å². The minimum atomic E-state index is -4.47. The molecule has 0 aliphatic carbocycles. The van der Waals surface area contributed by atoms with E-state index < -0.39 is 23.5 Å². The molecule has 0 saturated carbocycles. The molecular formula is C24H28F6N6O. The first kappa shape index (κ1) is 27.0. The Balaban J connectivity index is 1.21. The number of halogens is 6. The van der Waals surface area contributed by atoms with Crippen LogP contribution >= 0.6 is 0 Å². The monoisotopic (exact) mass is 530 g/mol. The third kappa shape index (κ3) is 7.24. The molecule has 1 amide bonds. The molecule has 2 aliphatic heterocycles. The first-order valence-electron chi connectivity index (χ1n) is 12.1. The topological polar surface area (TPSA) is 64.6 Å². The molecular weight excluding hydrogens is 502 g/mol. The summed E-state index contributed by atoms with van der Waals surface area (Å²) in [6.45, 7) is 4.05. The molecule has 2 aliphatic rings. The molecule has 4 heterocycles. The average Bonchev–Trinajstić information content (AvgIpc) is 2.87. The van der Waals surface area contributed by atoms with E-state index in [0.717, 1.165) is 37.4 Å². The summed E-state index contributed by atoms with van der Waals surface area (Å²) in [6.07, 6.45) is -4.14. The number of amides is 1. The summed E-state index contributed by atoms with van der Waals surface area (Å²) < 4.78 is 77.0. The summed E-state index contributed by atoms with van der Waals surface area (Å²) in [5.74, 6) is 0.479. The van der Waals surface area contributed by atoms with Crippen molar-refractivity contribution in [3.8, 4) is 0 Å². The van der Waals surface area contributed by atoms with Crippen molar-refractivity contribution in [2.75, 3.05) is 56.0 Å². The molecule has 0 bridgehead atoms. The van der Waals surface area contributed by atoms with Crippen LogP contribution in [0.4, 0.5) is 37.8 Å². The van der Waals surface area contributed by atoms with Gasteiger partial charge in [0.25, 0.3) is 0 Å². The fraction of sp³-hybridized carbons (Fsp3) is 0.542. The first-order valence-corrected chi connectivity index (χ1v) is 12.1. The molecule has 2 aromatic rings. The van der Waals surface area contributed by atoms with Crippen LogP contribution in [0.25, 0.3) is 0 Å². The van der Waals surface area contributed by atoms with E-state index in [1.165, 1.54) is 12.3 Å². The molecule has 7 nitrogen and oxygen atoms in total. The highest BCUT2D eigenvalue weighted by Crippen LogP contribution is 2.31. The third-order valence-corrected chi connectivity index (χ3v) is 6.62. The quantitative estimate of drug-likeness (QED) is 0.567. The minimum absolute atomic E-state index is 0.0134. The van der Waals surface area contributed by atoms with Crippen molar-refractivity contribution in [2.45, 2.75) is 37.7 Å². The van der Waals surface area contributed by atoms with E-state index in [-0.39, 0.29) is 17.6 Å². The summed E-state index contributed by atoms with van der Waals surface area (Å²) in [4.78, 5) is 26.2. The average molecular weight is 531 g/mol. The highest BCUT2D eigenvalue weighted by atomic mass is 19.4. The molecule has 0 radical (unpaired) electrons. The van der Waals surface area contributed by atoms with Gasteiger partial charge in [-0.3, -0.25) is 14.7 Å². The molecule has 13 heteroatoms. The zero-order valence-electron chi connectivity index (χ0n) is 20.0. The number of rotatable bonds is 6. The van der Waals surface area contributed by atoms with Crippen molar-refractivity contribution in [2.24, 2.45) is 0 Å². The predicted octanol–water partition coefficient (Wildman–Crippen LogP) is 4.13. The lowest BCUT2D eigenvalue weighted by molar-refractivity contribution is -0.138. The Bertz CT molecular complexity index is 1050. The zero-order valence-corrected chi connectivity index (χ0v) is 20.0. The summed E-state index contributed by atoms with van der Waals surface area (Å²) in [6, 6.07) is 3.26. The van der Waals surface area contributed by atoms with Gasteiger partial charge in [-0.1, -0.05) is 0 Å². The second-order valence-electron chi connectivity index (χ2n) is 9.26. The van der Waals surface area contributed by atoms with Gasteiger partial charge in [-0.2, -0.15) is 26.3 Å².